The van der Waals surface area contributed by atoms with Gasteiger partial charge in [-0.3, -0.25) is 0 Å². The average molecular weight is 151 g/mol. The third-order valence-corrected chi connectivity index (χ3v) is 1.15. The molecule has 62 valence electrons. The molecule has 0 bridgehead atoms. The first kappa shape index (κ1) is 10.0. The third kappa shape index (κ3) is 9.02. The maximum atomic E-state index is 5.14. The number of allylic oxidation sites excluding steroid dienone is 5. The summed E-state index contributed by atoms with van der Waals surface area (Å²) in [6, 6.07) is 0. The van der Waals surface area contributed by atoms with Crippen molar-refractivity contribution in [3.8, 4) is 0 Å². The van der Waals surface area contributed by atoms with Crippen molar-refractivity contribution < 1.29 is 0 Å². The van der Waals surface area contributed by atoms with Crippen LogP contribution in [-0.4, -0.2) is 0 Å². The van der Waals surface area contributed by atoms with Gasteiger partial charge in [-0.1, -0.05) is 38.2 Å². The van der Waals surface area contributed by atoms with Crippen molar-refractivity contribution in [2.75, 3.05) is 0 Å². The lowest BCUT2D eigenvalue weighted by molar-refractivity contribution is 0.828. The van der Waals surface area contributed by atoms with Gasteiger partial charge in [-0.05, 0) is 24.6 Å². The molecule has 0 saturated heterocycles. The van der Waals surface area contributed by atoms with Gasteiger partial charge < -0.3 is 5.73 Å². The summed E-state index contributed by atoms with van der Waals surface area (Å²) in [6.45, 7) is 4.33. The highest BCUT2D eigenvalue weighted by Gasteiger charge is 1.79. The van der Waals surface area contributed by atoms with Crippen molar-refractivity contribution >= 4 is 0 Å². The quantitative estimate of drug-likeness (QED) is 0.485. The number of nitrogens with two attached hydrogens (primary N) is 1. The van der Waals surface area contributed by atoms with E-state index in [-0.39, 0.29) is 0 Å². The smallest absolute Gasteiger partial charge is 0.00625 e. The van der Waals surface area contributed by atoms with Crippen molar-refractivity contribution in [1.29, 1.82) is 0 Å². The summed E-state index contributed by atoms with van der Waals surface area (Å²) in [4.78, 5) is 0. The van der Waals surface area contributed by atoms with Crippen LogP contribution in [-0.2, 0) is 0 Å². The first-order valence-electron chi connectivity index (χ1n) is 3.97. The van der Waals surface area contributed by atoms with Gasteiger partial charge in [0.15, 0.2) is 0 Å². The normalized spacial score (nSPS) is 13.0. The van der Waals surface area contributed by atoms with Gasteiger partial charge in [0.1, 0.15) is 0 Å². The van der Waals surface area contributed by atoms with Crippen molar-refractivity contribution in [3.63, 3.8) is 0 Å². The van der Waals surface area contributed by atoms with E-state index >= 15 is 0 Å². The fourth-order valence-electron chi connectivity index (χ4n) is 0.651. The van der Waals surface area contributed by atoms with Crippen molar-refractivity contribution in [1.82, 2.24) is 0 Å². The van der Waals surface area contributed by atoms with E-state index in [1.54, 1.807) is 0 Å². The fourth-order valence-corrected chi connectivity index (χ4v) is 0.651. The molecule has 0 radical (unpaired) electrons. The van der Waals surface area contributed by atoms with E-state index in [0.717, 1.165) is 6.42 Å². The van der Waals surface area contributed by atoms with Crippen LogP contribution in [0.25, 0.3) is 0 Å². The zero-order chi connectivity index (χ0) is 8.53. The maximum absolute atomic E-state index is 5.14. The molecule has 0 amide bonds. The Bertz CT molecular complexity index is 152. The number of hydrogen-bond acceptors (Lipinski definition) is 1. The highest BCUT2D eigenvalue weighted by Crippen LogP contribution is 1.95. The molecule has 1 heteroatoms. The molecule has 0 aromatic carbocycles. The van der Waals surface area contributed by atoms with Crippen LogP contribution in [0.15, 0.2) is 36.6 Å². The minimum Gasteiger partial charge on any atom is -0.405 e. The molecule has 1 nitrogen and oxygen atoms in total. The van der Waals surface area contributed by atoms with E-state index in [1.807, 2.05) is 12.2 Å². The van der Waals surface area contributed by atoms with Crippen LogP contribution >= 0.6 is 0 Å². The predicted octanol–water partition coefficient (Wildman–Crippen LogP) is 2.62. The second-order valence-corrected chi connectivity index (χ2v) is 2.72. The molecular weight excluding hydrogens is 134 g/mol. The van der Waals surface area contributed by atoms with E-state index in [2.05, 4.69) is 32.1 Å². The van der Waals surface area contributed by atoms with E-state index < -0.39 is 0 Å². The SMILES string of the molecule is CC(C)/C=C\C/C=C\C=C/N. The van der Waals surface area contributed by atoms with Crippen molar-refractivity contribution in [3.05, 3.63) is 36.6 Å². The second kappa shape index (κ2) is 7.13. The second-order valence-electron chi connectivity index (χ2n) is 2.72. The molecule has 2 N–H and O–H groups in total. The summed E-state index contributed by atoms with van der Waals surface area (Å²) in [5, 5.41) is 0. The molecule has 0 aliphatic carbocycles. The summed E-state index contributed by atoms with van der Waals surface area (Å²) >= 11 is 0. The number of hydrogen-bond donors (Lipinski definition) is 1. The first-order chi connectivity index (χ1) is 5.27. The Labute approximate surface area is 69.3 Å². The van der Waals surface area contributed by atoms with Crippen molar-refractivity contribution in [2.45, 2.75) is 20.3 Å². The summed E-state index contributed by atoms with van der Waals surface area (Å²) in [5.41, 5.74) is 5.14. The van der Waals surface area contributed by atoms with Gasteiger partial charge in [0.2, 0.25) is 0 Å². The van der Waals surface area contributed by atoms with E-state index in [9.17, 15) is 0 Å². The van der Waals surface area contributed by atoms with Gasteiger partial charge in [-0.25, -0.2) is 0 Å². The van der Waals surface area contributed by atoms with Gasteiger partial charge in [-0.15, -0.1) is 0 Å². The van der Waals surface area contributed by atoms with E-state index in [0.29, 0.717) is 5.92 Å². The number of rotatable bonds is 4. The third-order valence-electron chi connectivity index (χ3n) is 1.15. The molecule has 0 aliphatic rings. The Balaban J connectivity index is 3.40. The molecule has 0 fully saturated rings. The highest BCUT2D eigenvalue weighted by atomic mass is 14.5. The van der Waals surface area contributed by atoms with Crippen LogP contribution in [0, 0.1) is 5.92 Å². The molecule has 0 atom stereocenters. The van der Waals surface area contributed by atoms with Gasteiger partial charge in [-0.2, -0.15) is 0 Å². The molecule has 0 heterocycles. The van der Waals surface area contributed by atoms with Crippen LogP contribution in [0.4, 0.5) is 0 Å². The molecular formula is C10H17N. The van der Waals surface area contributed by atoms with Crippen LogP contribution in [0.3, 0.4) is 0 Å². The Morgan fingerprint density at radius 1 is 1.18 bits per heavy atom. The van der Waals surface area contributed by atoms with E-state index in [4.69, 9.17) is 5.73 Å². The molecule has 0 unspecified atom stereocenters. The Hall–Kier alpha value is -0.980. The summed E-state index contributed by atoms with van der Waals surface area (Å²) in [6.07, 6.45) is 12.7. The monoisotopic (exact) mass is 151 g/mol. The lowest BCUT2D eigenvalue weighted by atomic mass is 10.2. The van der Waals surface area contributed by atoms with Gasteiger partial charge in [0.25, 0.3) is 0 Å². The fraction of sp³-hybridized carbons (Fsp3) is 0.400. The molecule has 0 aromatic rings. The van der Waals surface area contributed by atoms with Crippen LogP contribution in [0.1, 0.15) is 20.3 Å². The minimum absolute atomic E-state index is 0.647. The van der Waals surface area contributed by atoms with Gasteiger partial charge in [0.05, 0.1) is 0 Å². The lowest BCUT2D eigenvalue weighted by Crippen LogP contribution is -1.75. The van der Waals surface area contributed by atoms with Gasteiger partial charge >= 0.3 is 0 Å². The first-order valence-corrected chi connectivity index (χ1v) is 3.97. The topological polar surface area (TPSA) is 26.0 Å². The molecule has 0 saturated carbocycles. The lowest BCUT2D eigenvalue weighted by Gasteiger charge is -1.90. The van der Waals surface area contributed by atoms with Crippen LogP contribution in [0.2, 0.25) is 0 Å². The van der Waals surface area contributed by atoms with E-state index in [1.165, 1.54) is 6.20 Å². The highest BCUT2D eigenvalue weighted by molar-refractivity contribution is 5.03. The Kier molecular flexibility index (Phi) is 6.50. The average Bonchev–Trinajstić information content (AvgIpc) is 1.96. The molecule has 0 rings (SSSR count). The largest absolute Gasteiger partial charge is 0.405 e. The Morgan fingerprint density at radius 2 is 1.91 bits per heavy atom. The minimum atomic E-state index is 0.647. The van der Waals surface area contributed by atoms with Crippen LogP contribution < -0.4 is 5.73 Å². The molecule has 11 heavy (non-hydrogen) atoms. The Morgan fingerprint density at radius 3 is 2.45 bits per heavy atom. The predicted molar refractivity (Wildman–Crippen MR) is 51.1 cm³/mol. The molecule has 0 aliphatic heterocycles. The zero-order valence-electron chi connectivity index (χ0n) is 7.33. The maximum Gasteiger partial charge on any atom is -0.00625 e. The molecule has 0 aromatic heterocycles. The standard InChI is InChI=1S/C10H17N/c1-10(2)8-6-4-3-5-7-9-11/h3,5-10H,4,11H2,1-2H3/b5-3-,8-6-,9-7-. The van der Waals surface area contributed by atoms with Crippen LogP contribution in [0.5, 0.6) is 0 Å². The zero-order valence-corrected chi connectivity index (χ0v) is 7.33. The summed E-state index contributed by atoms with van der Waals surface area (Å²) in [5.74, 6) is 0.647. The summed E-state index contributed by atoms with van der Waals surface area (Å²) in [7, 11) is 0. The molecule has 0 spiro atoms. The van der Waals surface area contributed by atoms with Crippen molar-refractivity contribution in [2.24, 2.45) is 11.7 Å². The summed E-state index contributed by atoms with van der Waals surface area (Å²) < 4.78 is 0. The van der Waals surface area contributed by atoms with Gasteiger partial charge in [0, 0.05) is 0 Å².